The van der Waals surface area contributed by atoms with Crippen molar-refractivity contribution in [2.24, 2.45) is 0 Å². The Kier molecular flexibility index (Phi) is 5.01. The van der Waals surface area contributed by atoms with Crippen LogP contribution in [-0.2, 0) is 9.47 Å². The number of ether oxygens (including phenoxy) is 2. The fraction of sp³-hybridized carbons (Fsp3) is 1.00. The summed E-state index contributed by atoms with van der Waals surface area (Å²) in [5.41, 5.74) is 0.0123. The molecule has 2 fully saturated rings. The minimum Gasteiger partial charge on any atom is -0.377 e. The standard InChI is InChI=1S/C14H28N2O2/c1-12(13-5-4-9-17-13)15-6-7-16-8-10-18-14(2,3)11-16/h12-13,15H,4-11H2,1-3H3. The van der Waals surface area contributed by atoms with Crippen LogP contribution in [0.1, 0.15) is 33.6 Å². The van der Waals surface area contributed by atoms with E-state index >= 15 is 0 Å². The van der Waals surface area contributed by atoms with Crippen LogP contribution in [0, 0.1) is 0 Å². The van der Waals surface area contributed by atoms with Crippen LogP contribution in [0.2, 0.25) is 0 Å². The van der Waals surface area contributed by atoms with Gasteiger partial charge in [0.05, 0.1) is 18.3 Å². The van der Waals surface area contributed by atoms with Crippen LogP contribution in [0.4, 0.5) is 0 Å². The highest BCUT2D eigenvalue weighted by atomic mass is 16.5. The van der Waals surface area contributed by atoms with E-state index in [4.69, 9.17) is 9.47 Å². The molecule has 2 heterocycles. The third-order valence-electron chi connectivity index (χ3n) is 3.92. The largest absolute Gasteiger partial charge is 0.377 e. The smallest absolute Gasteiger partial charge is 0.0753 e. The summed E-state index contributed by atoms with van der Waals surface area (Å²) in [6.07, 6.45) is 2.85. The summed E-state index contributed by atoms with van der Waals surface area (Å²) in [5.74, 6) is 0. The van der Waals surface area contributed by atoms with E-state index in [2.05, 4.69) is 31.0 Å². The average molecular weight is 256 g/mol. The first kappa shape index (κ1) is 14.3. The van der Waals surface area contributed by atoms with Crippen molar-refractivity contribution in [3.8, 4) is 0 Å². The van der Waals surface area contributed by atoms with E-state index < -0.39 is 0 Å². The lowest BCUT2D eigenvalue weighted by atomic mass is 10.1. The first-order valence-electron chi connectivity index (χ1n) is 7.28. The summed E-state index contributed by atoms with van der Waals surface area (Å²) >= 11 is 0. The highest BCUT2D eigenvalue weighted by molar-refractivity contribution is 4.81. The molecule has 0 amide bonds. The van der Waals surface area contributed by atoms with Crippen LogP contribution in [0.25, 0.3) is 0 Å². The molecule has 0 spiro atoms. The van der Waals surface area contributed by atoms with Gasteiger partial charge in [-0.25, -0.2) is 0 Å². The molecule has 0 aromatic carbocycles. The van der Waals surface area contributed by atoms with Crippen molar-refractivity contribution in [3.63, 3.8) is 0 Å². The summed E-state index contributed by atoms with van der Waals surface area (Å²) in [6.45, 7) is 12.6. The predicted molar refractivity (Wildman–Crippen MR) is 72.9 cm³/mol. The lowest BCUT2D eigenvalue weighted by Crippen LogP contribution is -2.50. The molecule has 106 valence electrons. The molecule has 0 bridgehead atoms. The number of nitrogens with zero attached hydrogens (tertiary/aromatic N) is 1. The fourth-order valence-electron chi connectivity index (χ4n) is 2.88. The van der Waals surface area contributed by atoms with Crippen molar-refractivity contribution in [2.75, 3.05) is 39.4 Å². The molecule has 2 unspecified atom stereocenters. The molecular formula is C14H28N2O2. The van der Waals surface area contributed by atoms with Crippen molar-refractivity contribution in [1.82, 2.24) is 10.2 Å². The number of hydrogen-bond acceptors (Lipinski definition) is 4. The Morgan fingerprint density at radius 3 is 2.89 bits per heavy atom. The summed E-state index contributed by atoms with van der Waals surface area (Å²) in [4.78, 5) is 2.48. The Labute approximate surface area is 111 Å². The second-order valence-electron chi connectivity index (χ2n) is 6.18. The zero-order valence-corrected chi connectivity index (χ0v) is 12.1. The molecule has 2 rings (SSSR count). The summed E-state index contributed by atoms with van der Waals surface area (Å²) in [7, 11) is 0. The molecule has 0 aliphatic carbocycles. The van der Waals surface area contributed by atoms with Gasteiger partial charge in [0.1, 0.15) is 0 Å². The van der Waals surface area contributed by atoms with Gasteiger partial charge in [-0.15, -0.1) is 0 Å². The number of morpholine rings is 1. The Balaban J connectivity index is 1.62. The summed E-state index contributed by atoms with van der Waals surface area (Å²) in [6, 6.07) is 0.474. The molecule has 1 N–H and O–H groups in total. The third kappa shape index (κ3) is 4.19. The van der Waals surface area contributed by atoms with Gasteiger partial charge in [0, 0.05) is 38.8 Å². The van der Waals surface area contributed by atoms with Gasteiger partial charge in [0.2, 0.25) is 0 Å². The Bertz CT molecular complexity index is 252. The molecule has 2 aliphatic heterocycles. The maximum absolute atomic E-state index is 5.72. The van der Waals surface area contributed by atoms with Crippen molar-refractivity contribution in [3.05, 3.63) is 0 Å². The van der Waals surface area contributed by atoms with E-state index in [0.29, 0.717) is 12.1 Å². The average Bonchev–Trinajstić information content (AvgIpc) is 2.81. The molecular weight excluding hydrogens is 228 g/mol. The zero-order chi connectivity index (χ0) is 13.0. The molecule has 2 atom stereocenters. The lowest BCUT2D eigenvalue weighted by molar-refractivity contribution is -0.0856. The number of hydrogen-bond donors (Lipinski definition) is 1. The van der Waals surface area contributed by atoms with Crippen LogP contribution in [0.3, 0.4) is 0 Å². The molecule has 2 aliphatic rings. The highest BCUT2D eigenvalue weighted by Gasteiger charge is 2.27. The van der Waals surface area contributed by atoms with Crippen molar-refractivity contribution in [2.45, 2.75) is 51.4 Å². The van der Waals surface area contributed by atoms with E-state index in [0.717, 1.165) is 39.4 Å². The first-order valence-corrected chi connectivity index (χ1v) is 7.28. The molecule has 18 heavy (non-hydrogen) atoms. The summed E-state index contributed by atoms with van der Waals surface area (Å²) in [5, 5.41) is 3.59. The SMILES string of the molecule is CC(NCCN1CCOC(C)(C)C1)C1CCCO1. The second kappa shape index (κ2) is 6.33. The van der Waals surface area contributed by atoms with Gasteiger partial charge in [0.25, 0.3) is 0 Å². The van der Waals surface area contributed by atoms with Gasteiger partial charge >= 0.3 is 0 Å². The van der Waals surface area contributed by atoms with Gasteiger partial charge in [-0.2, -0.15) is 0 Å². The number of rotatable bonds is 5. The topological polar surface area (TPSA) is 33.7 Å². The monoisotopic (exact) mass is 256 g/mol. The zero-order valence-electron chi connectivity index (χ0n) is 12.1. The third-order valence-corrected chi connectivity index (χ3v) is 3.92. The van der Waals surface area contributed by atoms with Crippen molar-refractivity contribution < 1.29 is 9.47 Å². The highest BCUT2D eigenvalue weighted by Crippen LogP contribution is 2.17. The van der Waals surface area contributed by atoms with Crippen LogP contribution < -0.4 is 5.32 Å². The van der Waals surface area contributed by atoms with Gasteiger partial charge in [-0.3, -0.25) is 4.90 Å². The van der Waals surface area contributed by atoms with Gasteiger partial charge in [-0.05, 0) is 33.6 Å². The van der Waals surface area contributed by atoms with Crippen LogP contribution in [0.15, 0.2) is 0 Å². The molecule has 0 saturated carbocycles. The predicted octanol–water partition coefficient (Wildman–Crippen LogP) is 1.25. The summed E-state index contributed by atoms with van der Waals surface area (Å²) < 4.78 is 11.4. The Hall–Kier alpha value is -0.160. The second-order valence-corrected chi connectivity index (χ2v) is 6.18. The van der Waals surface area contributed by atoms with Gasteiger partial charge in [0.15, 0.2) is 0 Å². The lowest BCUT2D eigenvalue weighted by Gasteiger charge is -2.38. The van der Waals surface area contributed by atoms with E-state index in [-0.39, 0.29) is 5.60 Å². The minimum absolute atomic E-state index is 0.0123. The molecule has 2 saturated heterocycles. The van der Waals surface area contributed by atoms with Gasteiger partial charge in [-0.1, -0.05) is 0 Å². The van der Waals surface area contributed by atoms with E-state index in [1.54, 1.807) is 0 Å². The van der Waals surface area contributed by atoms with Crippen molar-refractivity contribution >= 4 is 0 Å². The first-order chi connectivity index (χ1) is 8.57. The van der Waals surface area contributed by atoms with Gasteiger partial charge < -0.3 is 14.8 Å². The fourth-order valence-corrected chi connectivity index (χ4v) is 2.88. The quantitative estimate of drug-likeness (QED) is 0.803. The Morgan fingerprint density at radius 2 is 2.22 bits per heavy atom. The van der Waals surface area contributed by atoms with Crippen molar-refractivity contribution in [1.29, 1.82) is 0 Å². The molecule has 0 radical (unpaired) electrons. The normalized spacial score (nSPS) is 30.5. The molecule has 4 heteroatoms. The number of nitrogens with one attached hydrogen (secondary N) is 1. The maximum atomic E-state index is 5.72. The van der Waals surface area contributed by atoms with E-state index in [9.17, 15) is 0 Å². The van der Waals surface area contributed by atoms with Crippen LogP contribution in [-0.4, -0.2) is 62.0 Å². The maximum Gasteiger partial charge on any atom is 0.0753 e. The minimum atomic E-state index is 0.0123. The van der Waals surface area contributed by atoms with E-state index in [1.165, 1.54) is 12.8 Å². The molecule has 4 nitrogen and oxygen atoms in total. The molecule has 0 aromatic rings. The van der Waals surface area contributed by atoms with E-state index in [1.807, 2.05) is 0 Å². The molecule has 0 aromatic heterocycles. The Morgan fingerprint density at radius 1 is 1.39 bits per heavy atom. The van der Waals surface area contributed by atoms with Crippen LogP contribution >= 0.6 is 0 Å². The van der Waals surface area contributed by atoms with Crippen LogP contribution in [0.5, 0.6) is 0 Å².